The van der Waals surface area contributed by atoms with Crippen LogP contribution in [0.5, 0.6) is 5.75 Å². The van der Waals surface area contributed by atoms with Gasteiger partial charge in [0.2, 0.25) is 0 Å². The van der Waals surface area contributed by atoms with Crippen LogP contribution in [0.4, 0.5) is 0 Å². The number of aromatic nitrogens is 2. The molecule has 0 bridgehead atoms. The zero-order valence-corrected chi connectivity index (χ0v) is 16.0. The molecule has 0 fully saturated rings. The van der Waals surface area contributed by atoms with E-state index in [1.165, 1.54) is 0 Å². The second kappa shape index (κ2) is 7.89. The molecule has 3 aromatic rings. The minimum Gasteiger partial charge on any atom is -0.497 e. The number of methoxy groups -OCH3 is 1. The van der Waals surface area contributed by atoms with E-state index in [2.05, 4.69) is 19.2 Å². The smallest absolute Gasteiger partial charge is 0.266 e. The summed E-state index contributed by atoms with van der Waals surface area (Å²) in [5.74, 6) is 1.46. The quantitative estimate of drug-likeness (QED) is 0.723. The molecule has 0 saturated heterocycles. The van der Waals surface area contributed by atoms with Crippen LogP contribution in [0, 0.1) is 0 Å². The van der Waals surface area contributed by atoms with E-state index in [0.29, 0.717) is 21.7 Å². The molecule has 2 N–H and O–H groups in total. The van der Waals surface area contributed by atoms with Crippen LogP contribution < -0.4 is 15.6 Å². The predicted octanol–water partition coefficient (Wildman–Crippen LogP) is 3.08. The van der Waals surface area contributed by atoms with Gasteiger partial charge < -0.3 is 10.1 Å². The fraction of sp³-hybridized carbons (Fsp3) is 0.300. The molecule has 0 aliphatic rings. The molecule has 1 aromatic heterocycles. The number of hydrogen-bond donors (Lipinski definition) is 1. The molecule has 0 amide bonds. The third-order valence-corrected chi connectivity index (χ3v) is 4.64. The molecular formula is C20H23ClN3O2+. The molecule has 136 valence electrons. The molecule has 0 saturated carbocycles. The third-order valence-electron chi connectivity index (χ3n) is 4.40. The first-order valence-electron chi connectivity index (χ1n) is 8.75. The molecule has 1 atom stereocenters. The molecule has 0 unspecified atom stereocenters. The van der Waals surface area contributed by atoms with Crippen molar-refractivity contribution in [3.63, 3.8) is 0 Å². The Morgan fingerprint density at radius 2 is 1.96 bits per heavy atom. The van der Waals surface area contributed by atoms with Crippen LogP contribution in [0.2, 0.25) is 5.02 Å². The van der Waals surface area contributed by atoms with E-state index >= 15 is 0 Å². The van der Waals surface area contributed by atoms with Crippen LogP contribution in [-0.2, 0) is 0 Å². The largest absolute Gasteiger partial charge is 0.497 e. The molecule has 26 heavy (non-hydrogen) atoms. The highest BCUT2D eigenvalue weighted by Gasteiger charge is 2.20. The van der Waals surface area contributed by atoms with E-state index < -0.39 is 0 Å². The van der Waals surface area contributed by atoms with Crippen LogP contribution in [-0.4, -0.2) is 23.2 Å². The van der Waals surface area contributed by atoms with Crippen molar-refractivity contribution in [2.24, 2.45) is 0 Å². The van der Waals surface area contributed by atoms with Gasteiger partial charge in [-0.1, -0.05) is 18.5 Å². The number of ether oxygens (including phenoxy) is 1. The van der Waals surface area contributed by atoms with Gasteiger partial charge in [0.1, 0.15) is 11.8 Å². The Morgan fingerprint density at radius 1 is 1.23 bits per heavy atom. The van der Waals surface area contributed by atoms with Crippen molar-refractivity contribution in [2.75, 3.05) is 13.7 Å². The van der Waals surface area contributed by atoms with Crippen molar-refractivity contribution in [2.45, 2.75) is 26.3 Å². The first kappa shape index (κ1) is 18.4. The number of fused-ring (bicyclic) bond motifs is 1. The standard InChI is InChI=1S/C20H22ClN3O2/c1-4-11-22-13(2)19-23-18-12-14(21)5-10-17(18)20(25)24(19)15-6-8-16(26-3)9-7-15/h5-10,12-13,22H,4,11H2,1-3H3/p+1/t13-/m1/s1. The van der Waals surface area contributed by atoms with Crippen molar-refractivity contribution >= 4 is 22.5 Å². The molecule has 0 aliphatic carbocycles. The number of nitrogens with two attached hydrogens (primary N) is 1. The van der Waals surface area contributed by atoms with E-state index in [4.69, 9.17) is 21.3 Å². The minimum atomic E-state index is -0.0939. The topological polar surface area (TPSA) is 60.7 Å². The highest BCUT2D eigenvalue weighted by molar-refractivity contribution is 6.31. The fourth-order valence-corrected chi connectivity index (χ4v) is 3.15. The number of quaternary nitrogens is 1. The average Bonchev–Trinajstić information content (AvgIpc) is 2.65. The SMILES string of the molecule is CCC[NH2+][C@H](C)c1nc2cc(Cl)ccc2c(=O)n1-c1ccc(OC)cc1. The summed E-state index contributed by atoms with van der Waals surface area (Å²) >= 11 is 6.11. The summed E-state index contributed by atoms with van der Waals surface area (Å²) < 4.78 is 6.91. The molecule has 3 rings (SSSR count). The Morgan fingerprint density at radius 3 is 2.62 bits per heavy atom. The van der Waals surface area contributed by atoms with Crippen molar-refractivity contribution < 1.29 is 10.1 Å². The molecule has 5 nitrogen and oxygen atoms in total. The van der Waals surface area contributed by atoms with Gasteiger partial charge >= 0.3 is 0 Å². The molecule has 6 heteroatoms. The van der Waals surface area contributed by atoms with Gasteiger partial charge in [0.25, 0.3) is 5.56 Å². The molecule has 0 radical (unpaired) electrons. The minimum absolute atomic E-state index is 0.0353. The zero-order valence-electron chi connectivity index (χ0n) is 15.2. The first-order chi connectivity index (χ1) is 12.5. The summed E-state index contributed by atoms with van der Waals surface area (Å²) in [6.07, 6.45) is 1.05. The Balaban J connectivity index is 2.24. The van der Waals surface area contributed by atoms with E-state index in [-0.39, 0.29) is 11.6 Å². The summed E-state index contributed by atoms with van der Waals surface area (Å²) in [5, 5.41) is 3.32. The lowest BCUT2D eigenvalue weighted by atomic mass is 10.2. The van der Waals surface area contributed by atoms with E-state index in [1.807, 2.05) is 24.3 Å². The predicted molar refractivity (Wildman–Crippen MR) is 104 cm³/mol. The molecule has 0 aliphatic heterocycles. The summed E-state index contributed by atoms with van der Waals surface area (Å²) in [4.78, 5) is 18.0. The van der Waals surface area contributed by atoms with Crippen LogP contribution in [0.3, 0.4) is 0 Å². The van der Waals surface area contributed by atoms with Crippen LogP contribution in [0.1, 0.15) is 32.1 Å². The lowest BCUT2D eigenvalue weighted by Crippen LogP contribution is -2.85. The van der Waals surface area contributed by atoms with Crippen molar-refractivity contribution in [1.82, 2.24) is 9.55 Å². The van der Waals surface area contributed by atoms with Gasteiger partial charge in [-0.05, 0) is 55.8 Å². The van der Waals surface area contributed by atoms with Crippen molar-refractivity contribution in [3.05, 3.63) is 63.7 Å². The first-order valence-corrected chi connectivity index (χ1v) is 9.13. The molecule has 2 aromatic carbocycles. The molecule has 0 spiro atoms. The highest BCUT2D eigenvalue weighted by Crippen LogP contribution is 2.21. The Hall–Kier alpha value is -2.37. The summed E-state index contributed by atoms with van der Waals surface area (Å²) in [7, 11) is 1.62. The summed E-state index contributed by atoms with van der Waals surface area (Å²) in [6, 6.07) is 12.7. The van der Waals surface area contributed by atoms with Crippen molar-refractivity contribution in [3.8, 4) is 11.4 Å². The number of hydrogen-bond acceptors (Lipinski definition) is 3. The van der Waals surface area contributed by atoms with E-state index in [0.717, 1.165) is 24.4 Å². The van der Waals surface area contributed by atoms with Gasteiger partial charge in [-0.25, -0.2) is 4.98 Å². The number of halogens is 1. The van der Waals surface area contributed by atoms with E-state index in [1.54, 1.807) is 29.9 Å². The van der Waals surface area contributed by atoms with Crippen LogP contribution in [0.25, 0.3) is 16.6 Å². The van der Waals surface area contributed by atoms with Gasteiger partial charge in [-0.2, -0.15) is 0 Å². The maximum absolute atomic E-state index is 13.2. The number of benzene rings is 2. The average molecular weight is 373 g/mol. The maximum Gasteiger partial charge on any atom is 0.266 e. The monoisotopic (exact) mass is 372 g/mol. The van der Waals surface area contributed by atoms with Crippen LogP contribution >= 0.6 is 11.6 Å². The number of rotatable bonds is 6. The fourth-order valence-electron chi connectivity index (χ4n) is 2.98. The van der Waals surface area contributed by atoms with Gasteiger partial charge in [-0.15, -0.1) is 0 Å². The Kier molecular flexibility index (Phi) is 5.59. The van der Waals surface area contributed by atoms with E-state index in [9.17, 15) is 4.79 Å². The van der Waals surface area contributed by atoms with Crippen LogP contribution in [0.15, 0.2) is 47.3 Å². The molecule has 1 heterocycles. The summed E-state index contributed by atoms with van der Waals surface area (Å²) in [6.45, 7) is 5.16. The third kappa shape index (κ3) is 3.59. The zero-order chi connectivity index (χ0) is 18.7. The van der Waals surface area contributed by atoms with Gasteiger partial charge in [0, 0.05) is 5.02 Å². The number of nitrogens with zero attached hydrogens (tertiary/aromatic N) is 2. The van der Waals surface area contributed by atoms with Gasteiger partial charge in [0.05, 0.1) is 30.2 Å². The van der Waals surface area contributed by atoms with Gasteiger partial charge in [0.15, 0.2) is 5.82 Å². The highest BCUT2D eigenvalue weighted by atomic mass is 35.5. The maximum atomic E-state index is 13.2. The second-order valence-electron chi connectivity index (χ2n) is 6.28. The Labute approximate surface area is 157 Å². The second-order valence-corrected chi connectivity index (χ2v) is 6.72. The van der Waals surface area contributed by atoms with Gasteiger partial charge in [-0.3, -0.25) is 9.36 Å². The molecular weight excluding hydrogens is 350 g/mol. The normalized spacial score (nSPS) is 12.3. The van der Waals surface area contributed by atoms with Crippen molar-refractivity contribution in [1.29, 1.82) is 0 Å². The lowest BCUT2D eigenvalue weighted by molar-refractivity contribution is -0.693. The summed E-state index contributed by atoms with van der Waals surface area (Å²) in [5.41, 5.74) is 1.30. The Bertz CT molecular complexity index is 967. The lowest BCUT2D eigenvalue weighted by Gasteiger charge is -2.17.